The van der Waals surface area contributed by atoms with Gasteiger partial charge in [-0.25, -0.2) is 0 Å². The second-order valence-electron chi connectivity index (χ2n) is 4.54. The third kappa shape index (κ3) is 3.33. The molecule has 0 spiro atoms. The zero-order valence-electron chi connectivity index (χ0n) is 10.9. The minimum Gasteiger partial charge on any atom is -0.396 e. The molecule has 0 saturated carbocycles. The second kappa shape index (κ2) is 6.17. The fourth-order valence-corrected chi connectivity index (χ4v) is 1.97. The molecule has 0 aliphatic carbocycles. The smallest absolute Gasteiger partial charge is 0.174 e. The van der Waals surface area contributed by atoms with E-state index in [1.807, 2.05) is 50.3 Å². The van der Waals surface area contributed by atoms with E-state index in [0.29, 0.717) is 0 Å². The molecular formula is C15H16BrNO2. The van der Waals surface area contributed by atoms with Gasteiger partial charge in [-0.2, -0.15) is 0 Å². The highest BCUT2D eigenvalue weighted by Crippen LogP contribution is 2.28. The van der Waals surface area contributed by atoms with E-state index in [1.165, 1.54) is 0 Å². The molecule has 100 valence electrons. The maximum atomic E-state index is 9.05. The molecule has 0 amide bonds. The largest absolute Gasteiger partial charge is 0.396 e. The van der Waals surface area contributed by atoms with E-state index in [2.05, 4.69) is 21.1 Å². The van der Waals surface area contributed by atoms with Gasteiger partial charge >= 0.3 is 0 Å². The van der Waals surface area contributed by atoms with E-state index >= 15 is 0 Å². The SMILES string of the molecule is Cc1noc(-c2ccc(Br)cc2)c1C=CC(C)CO. The van der Waals surface area contributed by atoms with Crippen molar-refractivity contribution < 1.29 is 9.63 Å². The molecule has 19 heavy (non-hydrogen) atoms. The van der Waals surface area contributed by atoms with Crippen molar-refractivity contribution in [3.63, 3.8) is 0 Å². The highest BCUT2D eigenvalue weighted by Gasteiger charge is 2.12. The van der Waals surface area contributed by atoms with Gasteiger partial charge in [0.05, 0.1) is 5.69 Å². The average Bonchev–Trinajstić information content (AvgIpc) is 2.78. The predicted octanol–water partition coefficient (Wildman–Crippen LogP) is 4.05. The number of benzene rings is 1. The summed E-state index contributed by atoms with van der Waals surface area (Å²) in [5.41, 5.74) is 2.79. The van der Waals surface area contributed by atoms with Crippen LogP contribution in [0.5, 0.6) is 0 Å². The van der Waals surface area contributed by atoms with E-state index in [9.17, 15) is 0 Å². The first-order valence-corrected chi connectivity index (χ1v) is 6.92. The van der Waals surface area contributed by atoms with E-state index in [-0.39, 0.29) is 12.5 Å². The van der Waals surface area contributed by atoms with Gasteiger partial charge < -0.3 is 9.63 Å². The van der Waals surface area contributed by atoms with Crippen molar-refractivity contribution in [1.29, 1.82) is 0 Å². The van der Waals surface area contributed by atoms with Crippen molar-refractivity contribution in [1.82, 2.24) is 5.16 Å². The van der Waals surface area contributed by atoms with Gasteiger partial charge in [-0.3, -0.25) is 0 Å². The van der Waals surface area contributed by atoms with E-state index in [0.717, 1.165) is 27.1 Å². The molecular weight excluding hydrogens is 306 g/mol. The lowest BCUT2D eigenvalue weighted by atomic mass is 10.0. The lowest BCUT2D eigenvalue weighted by molar-refractivity contribution is 0.262. The van der Waals surface area contributed by atoms with Gasteiger partial charge in [-0.1, -0.05) is 40.2 Å². The summed E-state index contributed by atoms with van der Waals surface area (Å²) in [4.78, 5) is 0. The number of hydrogen-bond acceptors (Lipinski definition) is 3. The molecule has 1 N–H and O–H groups in total. The van der Waals surface area contributed by atoms with Crippen LogP contribution >= 0.6 is 15.9 Å². The summed E-state index contributed by atoms with van der Waals surface area (Å²) in [6.07, 6.45) is 3.92. The molecule has 0 aliphatic heterocycles. The Morgan fingerprint density at radius 3 is 2.68 bits per heavy atom. The lowest BCUT2D eigenvalue weighted by Gasteiger charge is -2.01. The number of aliphatic hydroxyl groups is 1. The Kier molecular flexibility index (Phi) is 4.56. The maximum Gasteiger partial charge on any atom is 0.174 e. The molecule has 0 bridgehead atoms. The number of rotatable bonds is 4. The Morgan fingerprint density at radius 2 is 2.05 bits per heavy atom. The summed E-state index contributed by atoms with van der Waals surface area (Å²) >= 11 is 3.41. The first-order valence-electron chi connectivity index (χ1n) is 6.13. The number of aliphatic hydroxyl groups excluding tert-OH is 1. The van der Waals surface area contributed by atoms with Crippen LogP contribution in [0.3, 0.4) is 0 Å². The van der Waals surface area contributed by atoms with Crippen LogP contribution < -0.4 is 0 Å². The Hall–Kier alpha value is -1.39. The van der Waals surface area contributed by atoms with Crippen molar-refractivity contribution in [3.05, 3.63) is 46.1 Å². The number of halogens is 1. The number of aromatic nitrogens is 1. The highest BCUT2D eigenvalue weighted by molar-refractivity contribution is 9.10. The van der Waals surface area contributed by atoms with Crippen LogP contribution in [0.4, 0.5) is 0 Å². The van der Waals surface area contributed by atoms with E-state index in [4.69, 9.17) is 9.63 Å². The molecule has 0 saturated heterocycles. The minimum atomic E-state index is 0.118. The summed E-state index contributed by atoms with van der Waals surface area (Å²) in [7, 11) is 0. The quantitative estimate of drug-likeness (QED) is 0.923. The minimum absolute atomic E-state index is 0.118. The van der Waals surface area contributed by atoms with Crippen LogP contribution in [-0.4, -0.2) is 16.9 Å². The average molecular weight is 322 g/mol. The van der Waals surface area contributed by atoms with Crippen molar-refractivity contribution >= 4 is 22.0 Å². The van der Waals surface area contributed by atoms with Crippen LogP contribution in [0, 0.1) is 12.8 Å². The monoisotopic (exact) mass is 321 g/mol. The summed E-state index contributed by atoms with van der Waals surface area (Å²) in [5, 5.41) is 13.1. The van der Waals surface area contributed by atoms with Gasteiger partial charge in [0.25, 0.3) is 0 Å². The predicted molar refractivity (Wildman–Crippen MR) is 79.7 cm³/mol. The Balaban J connectivity index is 2.37. The van der Waals surface area contributed by atoms with Gasteiger partial charge in [0.2, 0.25) is 0 Å². The molecule has 1 heterocycles. The Bertz CT molecular complexity index is 572. The maximum absolute atomic E-state index is 9.05. The summed E-state index contributed by atoms with van der Waals surface area (Å²) < 4.78 is 6.43. The van der Waals surface area contributed by atoms with Gasteiger partial charge in [0.1, 0.15) is 0 Å². The molecule has 2 rings (SSSR count). The third-order valence-corrected chi connectivity index (χ3v) is 3.42. The van der Waals surface area contributed by atoms with Crippen molar-refractivity contribution in [3.8, 4) is 11.3 Å². The second-order valence-corrected chi connectivity index (χ2v) is 5.45. The molecule has 2 aromatic rings. The third-order valence-electron chi connectivity index (χ3n) is 2.89. The number of aryl methyl sites for hydroxylation is 1. The van der Waals surface area contributed by atoms with Crippen LogP contribution in [0.25, 0.3) is 17.4 Å². The summed E-state index contributed by atoms with van der Waals surface area (Å²) in [5.74, 6) is 0.874. The van der Waals surface area contributed by atoms with Crippen LogP contribution in [0.15, 0.2) is 39.3 Å². The van der Waals surface area contributed by atoms with Crippen molar-refractivity contribution in [2.24, 2.45) is 5.92 Å². The molecule has 1 aromatic heterocycles. The first kappa shape index (κ1) is 14.0. The van der Waals surface area contributed by atoms with Crippen molar-refractivity contribution in [2.75, 3.05) is 6.61 Å². The van der Waals surface area contributed by atoms with Gasteiger partial charge in [-0.15, -0.1) is 0 Å². The zero-order chi connectivity index (χ0) is 13.8. The summed E-state index contributed by atoms with van der Waals surface area (Å²) in [6.45, 7) is 4.00. The normalized spacial score (nSPS) is 13.1. The first-order chi connectivity index (χ1) is 9.11. The molecule has 1 atom stereocenters. The van der Waals surface area contributed by atoms with Crippen LogP contribution in [0.2, 0.25) is 0 Å². The molecule has 0 fully saturated rings. The van der Waals surface area contributed by atoms with Gasteiger partial charge in [-0.05, 0) is 37.1 Å². The molecule has 0 aliphatic rings. The summed E-state index contributed by atoms with van der Waals surface area (Å²) in [6, 6.07) is 7.90. The lowest BCUT2D eigenvalue weighted by Crippen LogP contribution is -1.94. The zero-order valence-corrected chi connectivity index (χ0v) is 12.5. The number of nitrogens with zero attached hydrogens (tertiary/aromatic N) is 1. The fourth-order valence-electron chi connectivity index (χ4n) is 1.70. The molecule has 1 unspecified atom stereocenters. The van der Waals surface area contributed by atoms with Crippen LogP contribution in [0.1, 0.15) is 18.2 Å². The van der Waals surface area contributed by atoms with E-state index in [1.54, 1.807) is 0 Å². The highest BCUT2D eigenvalue weighted by atomic mass is 79.9. The number of hydrogen-bond donors (Lipinski definition) is 1. The molecule has 0 radical (unpaired) electrons. The van der Waals surface area contributed by atoms with E-state index < -0.39 is 0 Å². The van der Waals surface area contributed by atoms with Gasteiger partial charge in [0.15, 0.2) is 5.76 Å². The Morgan fingerprint density at radius 1 is 1.37 bits per heavy atom. The molecule has 1 aromatic carbocycles. The standard InChI is InChI=1S/C15H16BrNO2/c1-10(9-18)3-8-14-11(2)17-19-15(14)12-4-6-13(16)7-5-12/h3-8,10,18H,9H2,1-2H3. The molecule has 4 heteroatoms. The van der Waals surface area contributed by atoms with Crippen LogP contribution in [-0.2, 0) is 0 Å². The van der Waals surface area contributed by atoms with Gasteiger partial charge in [0, 0.05) is 22.2 Å². The topological polar surface area (TPSA) is 46.3 Å². The Labute approximate surface area is 121 Å². The van der Waals surface area contributed by atoms with Crippen molar-refractivity contribution in [2.45, 2.75) is 13.8 Å². The molecule has 3 nitrogen and oxygen atoms in total. The fraction of sp³-hybridized carbons (Fsp3) is 0.267.